The average Bonchev–Trinajstić information content (AvgIpc) is 3.22. The summed E-state index contributed by atoms with van der Waals surface area (Å²) in [5, 5.41) is 1.14. The summed E-state index contributed by atoms with van der Waals surface area (Å²) in [4.78, 5) is 24.7. The number of hydrogen-bond acceptors (Lipinski definition) is 3. The van der Waals surface area contributed by atoms with Crippen LogP contribution in [0.5, 0.6) is 0 Å². The number of para-hydroxylation sites is 1. The molecule has 2 aromatic carbocycles. The van der Waals surface area contributed by atoms with Gasteiger partial charge in [0.15, 0.2) is 0 Å². The molecule has 0 atom stereocenters. The lowest BCUT2D eigenvalue weighted by molar-refractivity contribution is -0.117. The van der Waals surface area contributed by atoms with Gasteiger partial charge in [0, 0.05) is 6.07 Å². The largest absolute Gasteiger partial charge is 0.457 e. The lowest BCUT2D eigenvalue weighted by Gasteiger charge is -2.13. The van der Waals surface area contributed by atoms with Gasteiger partial charge in [-0.15, -0.1) is 0 Å². The highest BCUT2D eigenvalue weighted by molar-refractivity contribution is 6.31. The van der Waals surface area contributed by atoms with Crippen LogP contribution in [0.1, 0.15) is 5.76 Å². The summed E-state index contributed by atoms with van der Waals surface area (Å²) in [7, 11) is 0. The van der Waals surface area contributed by atoms with Crippen molar-refractivity contribution in [3.8, 4) is 11.3 Å². The summed E-state index contributed by atoms with van der Waals surface area (Å²) in [5.74, 6) is -2.22. The predicted octanol–water partition coefficient (Wildman–Crippen LogP) is 3.69. The van der Waals surface area contributed by atoms with Gasteiger partial charge in [-0.1, -0.05) is 18.2 Å². The summed E-state index contributed by atoms with van der Waals surface area (Å²) in [5.41, 5.74) is 2.96. The number of hydrogen-bond donors (Lipinski definition) is 1. The van der Waals surface area contributed by atoms with Crippen LogP contribution in [0.3, 0.4) is 0 Å². The number of hydrazine groups is 1. The van der Waals surface area contributed by atoms with Gasteiger partial charge in [0.25, 0.3) is 11.8 Å². The Morgan fingerprint density at radius 3 is 2.48 bits per heavy atom. The third-order valence-electron chi connectivity index (χ3n) is 4.02. The van der Waals surface area contributed by atoms with E-state index in [0.29, 0.717) is 5.69 Å². The molecule has 5 nitrogen and oxygen atoms in total. The van der Waals surface area contributed by atoms with Crippen molar-refractivity contribution < 1.29 is 22.8 Å². The highest BCUT2D eigenvalue weighted by Crippen LogP contribution is 2.27. The number of anilines is 1. The Hall–Kier alpha value is -3.74. The average molecular weight is 366 g/mol. The number of carbonyl (C=O) groups excluding carboxylic acids is 2. The van der Waals surface area contributed by atoms with Crippen LogP contribution >= 0.6 is 0 Å². The molecule has 4 rings (SSSR count). The molecule has 1 N–H and O–H groups in total. The topological polar surface area (TPSA) is 62.6 Å². The summed E-state index contributed by atoms with van der Waals surface area (Å²) in [6.07, 6.45) is 1.28. The van der Waals surface area contributed by atoms with E-state index in [9.17, 15) is 18.4 Å². The van der Waals surface area contributed by atoms with Crippen molar-refractivity contribution in [3.63, 3.8) is 0 Å². The van der Waals surface area contributed by atoms with E-state index in [0.717, 1.165) is 17.1 Å². The fourth-order valence-electron chi connectivity index (χ4n) is 2.72. The van der Waals surface area contributed by atoms with Crippen LogP contribution in [-0.2, 0) is 9.59 Å². The van der Waals surface area contributed by atoms with Crippen LogP contribution in [0.15, 0.2) is 70.7 Å². The highest BCUT2D eigenvalue weighted by atomic mass is 19.1. The van der Waals surface area contributed by atoms with Crippen LogP contribution in [0, 0.1) is 11.6 Å². The van der Waals surface area contributed by atoms with E-state index in [2.05, 4.69) is 5.43 Å². The van der Waals surface area contributed by atoms with Gasteiger partial charge in [-0.25, -0.2) is 13.8 Å². The third kappa shape index (κ3) is 3.10. The number of nitrogens with one attached hydrogen (secondary N) is 1. The van der Waals surface area contributed by atoms with Crippen LogP contribution in [0.25, 0.3) is 17.4 Å². The van der Waals surface area contributed by atoms with Gasteiger partial charge in [-0.05, 0) is 42.5 Å². The smallest absolute Gasteiger partial charge is 0.282 e. The van der Waals surface area contributed by atoms with Crippen molar-refractivity contribution in [3.05, 3.63) is 83.6 Å². The van der Waals surface area contributed by atoms with Crippen LogP contribution in [0.2, 0.25) is 0 Å². The molecule has 1 aliphatic rings. The number of rotatable bonds is 3. The van der Waals surface area contributed by atoms with E-state index in [1.54, 1.807) is 30.3 Å². The number of furan rings is 1. The molecule has 0 aliphatic carbocycles. The minimum Gasteiger partial charge on any atom is -0.457 e. The molecule has 2 heterocycles. The van der Waals surface area contributed by atoms with Gasteiger partial charge in [0.2, 0.25) is 0 Å². The summed E-state index contributed by atoms with van der Waals surface area (Å²) in [6, 6.07) is 14.7. The molecule has 0 unspecified atom stereocenters. The standard InChI is InChI=1S/C20H12F2N2O3/c21-12-6-8-15(17(22)10-12)18-9-7-14(27-18)11-16-19(25)23-24(20(16)26)13-4-2-1-3-5-13/h1-11H,(H,23,25). The predicted molar refractivity (Wildman–Crippen MR) is 94.1 cm³/mol. The minimum absolute atomic E-state index is 0.0779. The van der Waals surface area contributed by atoms with Crippen LogP contribution < -0.4 is 10.4 Å². The minimum atomic E-state index is -0.770. The summed E-state index contributed by atoms with van der Waals surface area (Å²) < 4.78 is 32.4. The van der Waals surface area contributed by atoms with E-state index in [-0.39, 0.29) is 22.7 Å². The molecule has 0 radical (unpaired) electrons. The molecule has 3 aromatic rings. The lowest BCUT2D eigenvalue weighted by Crippen LogP contribution is -2.35. The molecule has 7 heteroatoms. The van der Waals surface area contributed by atoms with Crippen molar-refractivity contribution in [1.29, 1.82) is 0 Å². The zero-order valence-electron chi connectivity index (χ0n) is 13.8. The first-order chi connectivity index (χ1) is 13.0. The fraction of sp³-hybridized carbons (Fsp3) is 0. The molecule has 1 saturated heterocycles. The van der Waals surface area contributed by atoms with Gasteiger partial charge in [0.1, 0.15) is 28.7 Å². The van der Waals surface area contributed by atoms with E-state index in [1.807, 2.05) is 0 Å². The van der Waals surface area contributed by atoms with Gasteiger partial charge in [0.05, 0.1) is 11.3 Å². The van der Waals surface area contributed by atoms with E-state index < -0.39 is 23.4 Å². The van der Waals surface area contributed by atoms with E-state index in [4.69, 9.17) is 4.42 Å². The zero-order valence-corrected chi connectivity index (χ0v) is 13.8. The molecule has 0 bridgehead atoms. The molecule has 0 saturated carbocycles. The second-order valence-electron chi connectivity index (χ2n) is 5.80. The Kier molecular flexibility index (Phi) is 4.04. The van der Waals surface area contributed by atoms with Gasteiger partial charge in [-0.3, -0.25) is 15.0 Å². The van der Waals surface area contributed by atoms with Gasteiger partial charge < -0.3 is 4.42 Å². The van der Waals surface area contributed by atoms with Crippen molar-refractivity contribution in [2.45, 2.75) is 0 Å². The second kappa shape index (κ2) is 6.53. The van der Waals surface area contributed by atoms with E-state index in [1.165, 1.54) is 24.3 Å². The number of carbonyl (C=O) groups is 2. The maximum Gasteiger partial charge on any atom is 0.282 e. The molecule has 1 fully saturated rings. The molecule has 27 heavy (non-hydrogen) atoms. The van der Waals surface area contributed by atoms with Crippen molar-refractivity contribution in [2.24, 2.45) is 0 Å². The number of benzene rings is 2. The maximum atomic E-state index is 13.9. The second-order valence-corrected chi connectivity index (χ2v) is 5.80. The fourth-order valence-corrected chi connectivity index (χ4v) is 2.72. The lowest BCUT2D eigenvalue weighted by atomic mass is 10.1. The summed E-state index contributed by atoms with van der Waals surface area (Å²) in [6.45, 7) is 0. The maximum absolute atomic E-state index is 13.9. The Balaban J connectivity index is 1.63. The SMILES string of the molecule is O=C1NN(c2ccccc2)C(=O)C1=Cc1ccc(-c2ccc(F)cc2F)o1. The van der Waals surface area contributed by atoms with E-state index >= 15 is 0 Å². The summed E-state index contributed by atoms with van der Waals surface area (Å²) >= 11 is 0. The van der Waals surface area contributed by atoms with Crippen molar-refractivity contribution in [1.82, 2.24) is 5.43 Å². The third-order valence-corrected chi connectivity index (χ3v) is 4.02. The Morgan fingerprint density at radius 1 is 0.963 bits per heavy atom. The van der Waals surface area contributed by atoms with Crippen LogP contribution in [-0.4, -0.2) is 11.8 Å². The Morgan fingerprint density at radius 2 is 1.74 bits per heavy atom. The van der Waals surface area contributed by atoms with Crippen LogP contribution in [0.4, 0.5) is 14.5 Å². The molecular weight excluding hydrogens is 354 g/mol. The molecule has 1 aliphatic heterocycles. The number of amides is 2. The first kappa shape index (κ1) is 16.7. The number of halogens is 2. The normalized spacial score (nSPS) is 15.5. The molecule has 0 spiro atoms. The van der Waals surface area contributed by atoms with Gasteiger partial charge in [-0.2, -0.15) is 0 Å². The van der Waals surface area contributed by atoms with Gasteiger partial charge >= 0.3 is 0 Å². The molecule has 1 aromatic heterocycles. The van der Waals surface area contributed by atoms with Crippen molar-refractivity contribution in [2.75, 3.05) is 5.01 Å². The quantitative estimate of drug-likeness (QED) is 0.568. The molecule has 2 amide bonds. The number of nitrogens with zero attached hydrogens (tertiary/aromatic N) is 1. The zero-order chi connectivity index (χ0) is 19.0. The molecule has 134 valence electrons. The Labute approximate surface area is 152 Å². The molecular formula is C20H12F2N2O3. The highest BCUT2D eigenvalue weighted by Gasteiger charge is 2.34. The Bertz CT molecular complexity index is 1070. The van der Waals surface area contributed by atoms with Crippen molar-refractivity contribution >= 4 is 23.6 Å². The first-order valence-corrected chi connectivity index (χ1v) is 8.00. The monoisotopic (exact) mass is 366 g/mol. The first-order valence-electron chi connectivity index (χ1n) is 8.00.